The lowest BCUT2D eigenvalue weighted by Crippen LogP contribution is -2.32. The fourth-order valence-electron chi connectivity index (χ4n) is 5.05. The van der Waals surface area contributed by atoms with Gasteiger partial charge in [-0.3, -0.25) is 14.5 Å². The van der Waals surface area contributed by atoms with Crippen molar-refractivity contribution in [3.63, 3.8) is 0 Å². The molecule has 2 bridgehead atoms. The predicted octanol–water partition coefficient (Wildman–Crippen LogP) is 3.17. The number of hydrogen-bond acceptors (Lipinski definition) is 5. The van der Waals surface area contributed by atoms with Crippen molar-refractivity contribution in [1.82, 2.24) is 4.98 Å². The summed E-state index contributed by atoms with van der Waals surface area (Å²) in [4.78, 5) is 43.8. The number of amides is 2. The fraction of sp³-hybridized carbons (Fsp3) is 0.217. The van der Waals surface area contributed by atoms with Crippen LogP contribution in [0, 0.1) is 23.7 Å². The van der Waals surface area contributed by atoms with E-state index >= 15 is 0 Å². The van der Waals surface area contributed by atoms with E-state index in [1.807, 2.05) is 6.07 Å². The minimum atomic E-state index is -0.449. The first-order valence-electron chi connectivity index (χ1n) is 9.68. The molecular weight excluding hydrogens is 368 g/mol. The van der Waals surface area contributed by atoms with E-state index in [4.69, 9.17) is 4.42 Å². The highest BCUT2D eigenvalue weighted by Gasteiger charge is 2.59. The highest BCUT2D eigenvalue weighted by molar-refractivity contribution is 6.22. The van der Waals surface area contributed by atoms with Crippen molar-refractivity contribution in [1.29, 1.82) is 0 Å². The van der Waals surface area contributed by atoms with Gasteiger partial charge in [0.05, 0.1) is 28.4 Å². The van der Waals surface area contributed by atoms with Crippen molar-refractivity contribution in [2.75, 3.05) is 4.90 Å². The van der Waals surface area contributed by atoms with E-state index in [1.54, 1.807) is 42.5 Å². The van der Waals surface area contributed by atoms with E-state index in [0.29, 0.717) is 22.2 Å². The number of benzene rings is 2. The van der Waals surface area contributed by atoms with Gasteiger partial charge in [-0.05, 0) is 54.7 Å². The van der Waals surface area contributed by atoms with Crippen LogP contribution in [0.25, 0.3) is 22.4 Å². The van der Waals surface area contributed by atoms with Crippen LogP contribution in [0.5, 0.6) is 0 Å². The molecule has 1 saturated heterocycles. The third kappa shape index (κ3) is 2.23. The maximum absolute atomic E-state index is 12.9. The van der Waals surface area contributed by atoms with Gasteiger partial charge < -0.3 is 4.42 Å². The van der Waals surface area contributed by atoms with Crippen molar-refractivity contribution in [3.05, 3.63) is 71.1 Å². The Balaban J connectivity index is 1.35. The first-order chi connectivity index (χ1) is 14.1. The summed E-state index contributed by atoms with van der Waals surface area (Å²) in [5.41, 5.74) is 1.26. The number of rotatable bonds is 2. The topological polar surface area (TPSA) is 80.5 Å². The molecule has 6 heteroatoms. The molecule has 3 aliphatic rings. The largest absolute Gasteiger partial charge is 0.403 e. The predicted molar refractivity (Wildman–Crippen MR) is 106 cm³/mol. The number of nitrogens with zero attached hydrogens (tertiary/aromatic N) is 2. The Morgan fingerprint density at radius 3 is 2.21 bits per heavy atom. The molecule has 2 amide bonds. The van der Waals surface area contributed by atoms with Crippen LogP contribution in [-0.4, -0.2) is 16.8 Å². The average Bonchev–Trinajstić information content (AvgIpc) is 3.42. The molecule has 1 saturated carbocycles. The van der Waals surface area contributed by atoms with Gasteiger partial charge in [-0.2, -0.15) is 0 Å². The van der Waals surface area contributed by atoms with Gasteiger partial charge in [0.25, 0.3) is 0 Å². The Labute approximate surface area is 165 Å². The summed E-state index contributed by atoms with van der Waals surface area (Å²) in [6.07, 6.45) is 5.07. The molecule has 2 fully saturated rings. The summed E-state index contributed by atoms with van der Waals surface area (Å²) >= 11 is 0. The second kappa shape index (κ2) is 5.73. The van der Waals surface area contributed by atoms with Crippen LogP contribution >= 0.6 is 0 Å². The van der Waals surface area contributed by atoms with E-state index in [2.05, 4.69) is 17.1 Å². The number of aromatic nitrogens is 1. The molecule has 0 N–H and O–H groups in total. The lowest BCUT2D eigenvalue weighted by atomic mass is 9.85. The number of fused-ring (bicyclic) bond motifs is 6. The van der Waals surface area contributed by atoms with Gasteiger partial charge in [0.15, 0.2) is 0 Å². The lowest BCUT2D eigenvalue weighted by molar-refractivity contribution is -0.123. The van der Waals surface area contributed by atoms with Crippen LogP contribution in [0.2, 0.25) is 0 Å². The number of hydrogen-bond donors (Lipinski definition) is 0. The third-order valence-corrected chi connectivity index (χ3v) is 6.38. The van der Waals surface area contributed by atoms with E-state index in [-0.39, 0.29) is 41.4 Å². The maximum atomic E-state index is 12.9. The molecule has 0 unspecified atom stereocenters. The number of imide groups is 1. The van der Waals surface area contributed by atoms with Gasteiger partial charge in [0.1, 0.15) is 0 Å². The molecule has 0 radical (unpaired) electrons. The van der Waals surface area contributed by atoms with Crippen molar-refractivity contribution in [3.8, 4) is 11.5 Å². The quantitative estimate of drug-likeness (QED) is 0.501. The Hall–Kier alpha value is -3.54. The molecule has 2 aromatic carbocycles. The summed E-state index contributed by atoms with van der Waals surface area (Å²) in [5, 5.41) is 0.427. The molecule has 2 heterocycles. The number of para-hydroxylation sites is 1. The van der Waals surface area contributed by atoms with Crippen LogP contribution in [0.1, 0.15) is 6.42 Å². The molecular formula is C23H16N2O4. The first kappa shape index (κ1) is 16.4. The lowest BCUT2D eigenvalue weighted by Gasteiger charge is -2.17. The highest BCUT2D eigenvalue weighted by Crippen LogP contribution is 2.53. The molecule has 3 aromatic rings. The standard InChI is InChI=1S/C23H16N2O4/c26-21-18-13-5-6-14(11-13)19(18)22(27)25(21)15-9-7-12(8-10-15)20-24-17-4-2-1-3-16(17)23(28)29-20/h1-10,13-14,18-19H,11H2/t13-,14+,18-,19+. The van der Waals surface area contributed by atoms with Crippen molar-refractivity contribution >= 4 is 28.4 Å². The normalized spacial score (nSPS) is 27.2. The molecule has 6 nitrogen and oxygen atoms in total. The van der Waals surface area contributed by atoms with Crippen LogP contribution < -0.4 is 10.5 Å². The summed E-state index contributed by atoms with van der Waals surface area (Å²) in [7, 11) is 0. The number of carbonyl (C=O) groups is 2. The second-order valence-corrected chi connectivity index (χ2v) is 7.88. The van der Waals surface area contributed by atoms with E-state index in [0.717, 1.165) is 6.42 Å². The van der Waals surface area contributed by atoms with Crippen molar-refractivity contribution < 1.29 is 14.0 Å². The Morgan fingerprint density at radius 1 is 0.862 bits per heavy atom. The number of carbonyl (C=O) groups excluding carboxylic acids is 2. The van der Waals surface area contributed by atoms with E-state index in [9.17, 15) is 14.4 Å². The zero-order valence-corrected chi connectivity index (χ0v) is 15.3. The van der Waals surface area contributed by atoms with Gasteiger partial charge >= 0.3 is 5.63 Å². The minimum Gasteiger partial charge on any atom is -0.403 e. The summed E-state index contributed by atoms with van der Waals surface area (Å²) < 4.78 is 5.36. The van der Waals surface area contributed by atoms with Gasteiger partial charge in [0.2, 0.25) is 17.7 Å². The molecule has 29 heavy (non-hydrogen) atoms. The average molecular weight is 384 g/mol. The monoisotopic (exact) mass is 384 g/mol. The molecule has 1 aliphatic heterocycles. The second-order valence-electron chi connectivity index (χ2n) is 7.88. The van der Waals surface area contributed by atoms with Crippen LogP contribution in [0.15, 0.2) is 69.9 Å². The van der Waals surface area contributed by atoms with Gasteiger partial charge in [-0.15, -0.1) is 0 Å². The molecule has 0 spiro atoms. The van der Waals surface area contributed by atoms with Crippen LogP contribution in [0.4, 0.5) is 5.69 Å². The van der Waals surface area contributed by atoms with E-state index < -0.39 is 5.63 Å². The van der Waals surface area contributed by atoms with Crippen LogP contribution in [0.3, 0.4) is 0 Å². The maximum Gasteiger partial charge on any atom is 0.347 e. The molecule has 4 atom stereocenters. The Morgan fingerprint density at radius 2 is 1.52 bits per heavy atom. The smallest absolute Gasteiger partial charge is 0.347 e. The third-order valence-electron chi connectivity index (χ3n) is 6.38. The SMILES string of the molecule is O=C1[C@@H]2[C@H](C(=O)N1c1ccc(-c3nc4ccccc4c(=O)o3)cc1)[C@@H]1C=C[C@H]2C1. The minimum absolute atomic E-state index is 0.111. The molecule has 1 aromatic heterocycles. The van der Waals surface area contributed by atoms with Gasteiger partial charge in [-0.1, -0.05) is 24.3 Å². The molecule has 6 rings (SSSR count). The zero-order chi connectivity index (χ0) is 19.7. The van der Waals surface area contributed by atoms with E-state index in [1.165, 1.54) is 4.90 Å². The Kier molecular flexibility index (Phi) is 3.25. The summed E-state index contributed by atoms with van der Waals surface area (Å²) in [6, 6.07) is 13.9. The number of anilines is 1. The first-order valence-corrected chi connectivity index (χ1v) is 9.68. The fourth-order valence-corrected chi connectivity index (χ4v) is 5.05. The van der Waals surface area contributed by atoms with Gasteiger partial charge in [0, 0.05) is 5.56 Å². The Bertz CT molecular complexity index is 1240. The highest BCUT2D eigenvalue weighted by atomic mass is 16.4. The zero-order valence-electron chi connectivity index (χ0n) is 15.3. The van der Waals surface area contributed by atoms with Crippen molar-refractivity contribution in [2.45, 2.75) is 6.42 Å². The van der Waals surface area contributed by atoms with Gasteiger partial charge in [-0.25, -0.2) is 9.78 Å². The summed E-state index contributed by atoms with van der Waals surface area (Å²) in [5.74, 6) is -0.100. The summed E-state index contributed by atoms with van der Waals surface area (Å²) in [6.45, 7) is 0. The van der Waals surface area contributed by atoms with Crippen LogP contribution in [-0.2, 0) is 9.59 Å². The molecule has 142 valence electrons. The van der Waals surface area contributed by atoms with Crippen molar-refractivity contribution in [2.24, 2.45) is 23.7 Å². The number of allylic oxidation sites excluding steroid dienone is 2. The molecule has 2 aliphatic carbocycles.